The second-order valence-corrected chi connectivity index (χ2v) is 4.84. The SMILES string of the molecule is COC(CN)C(=O)NCC1CCCC(C)C1. The van der Waals surface area contributed by atoms with Crippen LogP contribution in [0, 0.1) is 11.8 Å². The van der Waals surface area contributed by atoms with E-state index in [9.17, 15) is 4.79 Å². The number of nitrogens with two attached hydrogens (primary N) is 1. The number of amides is 1. The first-order chi connectivity index (χ1) is 7.67. The Kier molecular flexibility index (Phi) is 5.77. The van der Waals surface area contributed by atoms with E-state index in [1.807, 2.05) is 0 Å². The molecule has 4 nitrogen and oxygen atoms in total. The minimum Gasteiger partial charge on any atom is -0.370 e. The molecule has 4 heteroatoms. The fourth-order valence-electron chi connectivity index (χ4n) is 2.41. The molecule has 1 amide bonds. The molecule has 1 fully saturated rings. The van der Waals surface area contributed by atoms with Crippen molar-refractivity contribution in [1.82, 2.24) is 5.32 Å². The van der Waals surface area contributed by atoms with Gasteiger partial charge in [-0.25, -0.2) is 0 Å². The van der Waals surface area contributed by atoms with Crippen LogP contribution in [0.15, 0.2) is 0 Å². The van der Waals surface area contributed by atoms with Gasteiger partial charge in [-0.3, -0.25) is 4.79 Å². The van der Waals surface area contributed by atoms with Gasteiger partial charge < -0.3 is 15.8 Å². The van der Waals surface area contributed by atoms with Crippen LogP contribution in [-0.4, -0.2) is 32.2 Å². The Morgan fingerprint density at radius 1 is 1.56 bits per heavy atom. The van der Waals surface area contributed by atoms with E-state index in [4.69, 9.17) is 10.5 Å². The molecule has 0 aromatic rings. The van der Waals surface area contributed by atoms with Gasteiger partial charge in [-0.2, -0.15) is 0 Å². The molecule has 0 spiro atoms. The van der Waals surface area contributed by atoms with Gasteiger partial charge in [0.1, 0.15) is 6.10 Å². The molecule has 1 saturated carbocycles. The Morgan fingerprint density at radius 3 is 2.88 bits per heavy atom. The summed E-state index contributed by atoms with van der Waals surface area (Å²) >= 11 is 0. The van der Waals surface area contributed by atoms with Crippen molar-refractivity contribution in [2.24, 2.45) is 17.6 Å². The van der Waals surface area contributed by atoms with Gasteiger partial charge in [0.15, 0.2) is 0 Å². The molecular formula is C12H24N2O2. The van der Waals surface area contributed by atoms with Crippen molar-refractivity contribution >= 4 is 5.91 Å². The lowest BCUT2D eigenvalue weighted by Crippen LogP contribution is -2.42. The maximum atomic E-state index is 11.6. The zero-order valence-corrected chi connectivity index (χ0v) is 10.4. The molecule has 0 bridgehead atoms. The third-order valence-electron chi connectivity index (χ3n) is 3.40. The first kappa shape index (κ1) is 13.5. The van der Waals surface area contributed by atoms with Crippen LogP contribution in [0.5, 0.6) is 0 Å². The lowest BCUT2D eigenvalue weighted by Gasteiger charge is -2.27. The van der Waals surface area contributed by atoms with Crippen LogP contribution < -0.4 is 11.1 Å². The van der Waals surface area contributed by atoms with Crippen LogP contribution in [-0.2, 0) is 9.53 Å². The summed E-state index contributed by atoms with van der Waals surface area (Å²) in [5.41, 5.74) is 5.43. The number of methoxy groups -OCH3 is 1. The molecule has 1 aliphatic carbocycles. The van der Waals surface area contributed by atoms with Crippen LogP contribution in [0.1, 0.15) is 32.6 Å². The van der Waals surface area contributed by atoms with Crippen LogP contribution >= 0.6 is 0 Å². The Labute approximate surface area is 97.9 Å². The average molecular weight is 228 g/mol. The first-order valence-electron chi connectivity index (χ1n) is 6.18. The van der Waals surface area contributed by atoms with Crippen molar-refractivity contribution in [2.45, 2.75) is 38.7 Å². The number of ether oxygens (including phenoxy) is 1. The highest BCUT2D eigenvalue weighted by molar-refractivity contribution is 5.80. The molecule has 1 aliphatic rings. The molecule has 16 heavy (non-hydrogen) atoms. The standard InChI is InChI=1S/C12H24N2O2/c1-9-4-3-5-10(6-9)8-14-12(15)11(7-13)16-2/h9-11H,3-8,13H2,1-2H3,(H,14,15). The van der Waals surface area contributed by atoms with Crippen molar-refractivity contribution in [3.8, 4) is 0 Å². The van der Waals surface area contributed by atoms with E-state index in [1.54, 1.807) is 0 Å². The van der Waals surface area contributed by atoms with Gasteiger partial charge in [0.05, 0.1) is 0 Å². The number of hydrogen-bond donors (Lipinski definition) is 2. The minimum atomic E-state index is -0.499. The van der Waals surface area contributed by atoms with Crippen molar-refractivity contribution < 1.29 is 9.53 Å². The topological polar surface area (TPSA) is 64.3 Å². The highest BCUT2D eigenvalue weighted by Gasteiger charge is 2.21. The lowest BCUT2D eigenvalue weighted by atomic mass is 9.82. The van der Waals surface area contributed by atoms with E-state index in [1.165, 1.54) is 32.8 Å². The van der Waals surface area contributed by atoms with E-state index in [2.05, 4.69) is 12.2 Å². The Balaban J connectivity index is 2.25. The van der Waals surface area contributed by atoms with Crippen LogP contribution in [0.25, 0.3) is 0 Å². The van der Waals surface area contributed by atoms with Crippen molar-refractivity contribution in [3.63, 3.8) is 0 Å². The normalized spacial score (nSPS) is 27.4. The molecule has 94 valence electrons. The predicted molar refractivity (Wildman–Crippen MR) is 64.0 cm³/mol. The van der Waals surface area contributed by atoms with Gasteiger partial charge in [-0.1, -0.05) is 19.8 Å². The third kappa shape index (κ3) is 4.10. The largest absolute Gasteiger partial charge is 0.370 e. The molecule has 3 unspecified atom stereocenters. The monoisotopic (exact) mass is 228 g/mol. The molecule has 0 aromatic heterocycles. The molecule has 0 heterocycles. The molecule has 0 aliphatic heterocycles. The summed E-state index contributed by atoms with van der Waals surface area (Å²) in [6.07, 6.45) is 4.56. The fraction of sp³-hybridized carbons (Fsp3) is 0.917. The quantitative estimate of drug-likeness (QED) is 0.735. The summed E-state index contributed by atoms with van der Waals surface area (Å²) in [7, 11) is 1.51. The second-order valence-electron chi connectivity index (χ2n) is 4.84. The molecule has 3 atom stereocenters. The maximum Gasteiger partial charge on any atom is 0.250 e. The van der Waals surface area contributed by atoms with E-state index >= 15 is 0 Å². The highest BCUT2D eigenvalue weighted by Crippen LogP contribution is 2.27. The van der Waals surface area contributed by atoms with E-state index < -0.39 is 6.10 Å². The Bertz CT molecular complexity index is 217. The number of hydrogen-bond acceptors (Lipinski definition) is 3. The van der Waals surface area contributed by atoms with Gasteiger partial charge in [-0.15, -0.1) is 0 Å². The van der Waals surface area contributed by atoms with Crippen LogP contribution in [0.4, 0.5) is 0 Å². The number of carbonyl (C=O) groups excluding carboxylic acids is 1. The van der Waals surface area contributed by atoms with Crippen molar-refractivity contribution in [2.75, 3.05) is 20.2 Å². The number of rotatable bonds is 5. The molecule has 0 radical (unpaired) electrons. The van der Waals surface area contributed by atoms with Crippen molar-refractivity contribution in [3.05, 3.63) is 0 Å². The summed E-state index contributed by atoms with van der Waals surface area (Å²) in [4.78, 5) is 11.6. The maximum absolute atomic E-state index is 11.6. The van der Waals surface area contributed by atoms with Crippen LogP contribution in [0.2, 0.25) is 0 Å². The molecule has 1 rings (SSSR count). The summed E-state index contributed by atoms with van der Waals surface area (Å²) in [5, 5.41) is 2.93. The second kappa shape index (κ2) is 6.86. The van der Waals surface area contributed by atoms with Gasteiger partial charge >= 0.3 is 0 Å². The van der Waals surface area contributed by atoms with E-state index in [-0.39, 0.29) is 12.5 Å². The zero-order chi connectivity index (χ0) is 12.0. The zero-order valence-electron chi connectivity index (χ0n) is 10.4. The smallest absolute Gasteiger partial charge is 0.250 e. The summed E-state index contributed by atoms with van der Waals surface area (Å²) < 4.78 is 4.99. The predicted octanol–water partition coefficient (Wildman–Crippen LogP) is 0.903. The molecule has 3 N–H and O–H groups in total. The first-order valence-corrected chi connectivity index (χ1v) is 6.18. The van der Waals surface area contributed by atoms with E-state index in [0.717, 1.165) is 12.5 Å². The van der Waals surface area contributed by atoms with Crippen LogP contribution in [0.3, 0.4) is 0 Å². The van der Waals surface area contributed by atoms with Gasteiger partial charge in [0, 0.05) is 20.2 Å². The molecule has 0 saturated heterocycles. The van der Waals surface area contributed by atoms with Gasteiger partial charge in [-0.05, 0) is 24.7 Å². The summed E-state index contributed by atoms with van der Waals surface area (Å²) in [5.74, 6) is 1.34. The summed E-state index contributed by atoms with van der Waals surface area (Å²) in [6, 6.07) is 0. The molecule has 0 aromatic carbocycles. The van der Waals surface area contributed by atoms with Gasteiger partial charge in [0.2, 0.25) is 5.91 Å². The number of carbonyl (C=O) groups is 1. The van der Waals surface area contributed by atoms with Gasteiger partial charge in [0.25, 0.3) is 0 Å². The van der Waals surface area contributed by atoms with Crippen molar-refractivity contribution in [1.29, 1.82) is 0 Å². The third-order valence-corrected chi connectivity index (χ3v) is 3.40. The Morgan fingerprint density at radius 2 is 2.31 bits per heavy atom. The number of nitrogens with one attached hydrogen (secondary N) is 1. The minimum absolute atomic E-state index is 0.0803. The fourth-order valence-corrected chi connectivity index (χ4v) is 2.41. The summed E-state index contributed by atoms with van der Waals surface area (Å²) in [6.45, 7) is 3.29. The highest BCUT2D eigenvalue weighted by atomic mass is 16.5. The average Bonchev–Trinajstić information content (AvgIpc) is 2.28. The van der Waals surface area contributed by atoms with E-state index in [0.29, 0.717) is 5.92 Å². The lowest BCUT2D eigenvalue weighted by molar-refractivity contribution is -0.130. The Hall–Kier alpha value is -0.610. The molecular weight excluding hydrogens is 204 g/mol.